The summed E-state index contributed by atoms with van der Waals surface area (Å²) in [6.07, 6.45) is 1.06. The second kappa shape index (κ2) is 12.8. The number of phenols is 1. The first kappa shape index (κ1) is 33.1. The van der Waals surface area contributed by atoms with Crippen molar-refractivity contribution in [2.75, 3.05) is 16.5 Å². The van der Waals surface area contributed by atoms with E-state index in [1.807, 2.05) is 0 Å². The van der Waals surface area contributed by atoms with E-state index in [1.165, 1.54) is 42.5 Å². The molecule has 4 aromatic rings. The summed E-state index contributed by atoms with van der Waals surface area (Å²) in [6, 6.07) is 16.9. The minimum atomic E-state index is -4.94. The average molecular weight is 670 g/mol. The number of hydrogen-bond acceptors (Lipinski definition) is 10. The van der Waals surface area contributed by atoms with Gasteiger partial charge >= 0.3 is 5.97 Å². The number of aliphatic hydroxyl groups excluding tert-OH is 1. The standard InChI is InChI=1S/C33H27N5O9S/c1-16-11-18(3-8-25(16)34)31(41)35-21-5-7-23-20(13-21)14-28(48(45,46)47)29(30(23)40)38-37-26-9-4-19(12-17(26)2)32(42)36-22-6-10-27(39)24(15-22)33(43)44/h3-15,37,39H,34H2,1-2H3,(H,35,41)(H,36,42)(H,43,44)(H,45,46,47)/b38-29+. The molecule has 5 rings (SSSR count). The zero-order valence-corrected chi connectivity index (χ0v) is 26.0. The smallest absolute Gasteiger partial charge is 0.339 e. The zero-order chi connectivity index (χ0) is 34.9. The fourth-order valence-electron chi connectivity index (χ4n) is 4.73. The van der Waals surface area contributed by atoms with E-state index in [1.54, 1.807) is 32.0 Å². The lowest BCUT2D eigenvalue weighted by Crippen LogP contribution is -2.27. The summed E-state index contributed by atoms with van der Waals surface area (Å²) in [4.78, 5) is 40.9. The molecule has 1 aliphatic carbocycles. The minimum absolute atomic E-state index is 0.0637. The van der Waals surface area contributed by atoms with Crippen molar-refractivity contribution >= 4 is 68.2 Å². The number of hydrazone groups is 1. The summed E-state index contributed by atoms with van der Waals surface area (Å²) in [5, 5.41) is 35.9. The van der Waals surface area contributed by atoms with Crippen LogP contribution < -0.4 is 16.5 Å². The number of carboxylic acid groups (broad SMARTS) is 1. The maximum atomic E-state index is 13.4. The highest BCUT2D eigenvalue weighted by molar-refractivity contribution is 7.91. The molecule has 8 N–H and O–H groups in total. The summed E-state index contributed by atoms with van der Waals surface area (Å²) in [5.41, 5.74) is 10.6. The molecule has 0 radical (unpaired) electrons. The number of aromatic hydroxyl groups is 1. The van der Waals surface area contributed by atoms with Crippen molar-refractivity contribution in [3.05, 3.63) is 117 Å². The molecule has 0 heterocycles. The summed E-state index contributed by atoms with van der Waals surface area (Å²) in [5.74, 6) is -3.57. The first-order valence-electron chi connectivity index (χ1n) is 14.0. The Morgan fingerprint density at radius 2 is 1.58 bits per heavy atom. The maximum absolute atomic E-state index is 13.4. The molecule has 0 atom stereocenters. The Labute approximate surface area is 273 Å². The Morgan fingerprint density at radius 3 is 2.25 bits per heavy atom. The van der Waals surface area contributed by atoms with E-state index in [0.717, 1.165) is 23.8 Å². The largest absolute Gasteiger partial charge is 0.507 e. The number of fused-ring (bicyclic) bond motifs is 1. The number of anilines is 3. The van der Waals surface area contributed by atoms with Crippen molar-refractivity contribution in [2.45, 2.75) is 13.8 Å². The number of carboxylic acids is 1. The van der Waals surface area contributed by atoms with Crippen LogP contribution in [-0.2, 0) is 10.1 Å². The van der Waals surface area contributed by atoms with Crippen LogP contribution in [0.4, 0.5) is 22.7 Å². The lowest BCUT2D eigenvalue weighted by Gasteiger charge is -2.17. The Kier molecular flexibility index (Phi) is 8.83. The van der Waals surface area contributed by atoms with Gasteiger partial charge in [0.2, 0.25) is 11.7 Å². The molecule has 1 amide bonds. The van der Waals surface area contributed by atoms with E-state index in [0.29, 0.717) is 22.5 Å². The molecule has 244 valence electrons. The van der Waals surface area contributed by atoms with Gasteiger partial charge in [0.15, 0.2) is 5.71 Å². The van der Waals surface area contributed by atoms with Crippen molar-refractivity contribution in [3.63, 3.8) is 0 Å². The second-order valence-electron chi connectivity index (χ2n) is 10.7. The molecule has 0 aromatic heterocycles. The van der Waals surface area contributed by atoms with E-state index in [9.17, 15) is 42.7 Å². The summed E-state index contributed by atoms with van der Waals surface area (Å²) in [7, 11) is -4.94. The lowest BCUT2D eigenvalue weighted by molar-refractivity contribution is 0.0693. The highest BCUT2D eigenvalue weighted by atomic mass is 32.2. The van der Waals surface area contributed by atoms with E-state index >= 15 is 0 Å². The van der Waals surface area contributed by atoms with E-state index < -0.39 is 49.7 Å². The number of amides is 1. The number of aromatic carboxylic acids is 1. The normalized spacial score (nSPS) is 13.9. The van der Waals surface area contributed by atoms with Crippen molar-refractivity contribution in [1.29, 1.82) is 0 Å². The number of aliphatic imine (C=N–C) groups is 1. The van der Waals surface area contributed by atoms with Crippen LogP contribution >= 0.6 is 0 Å². The predicted octanol–water partition coefficient (Wildman–Crippen LogP) is 5.07. The van der Waals surface area contributed by atoms with Crippen LogP contribution in [0.1, 0.15) is 53.3 Å². The molecule has 14 nitrogen and oxygen atoms in total. The first-order chi connectivity index (χ1) is 22.6. The molecule has 15 heteroatoms. The van der Waals surface area contributed by atoms with Gasteiger partial charge in [-0.2, -0.15) is 13.5 Å². The molecule has 0 saturated carbocycles. The number of allylic oxidation sites excluding steroid dienone is 1. The topological polar surface area (TPSA) is 241 Å². The molecule has 0 saturated heterocycles. The number of nitrogens with one attached hydrogen (secondary N) is 2. The number of hydrogen-bond donors (Lipinski definition) is 7. The number of aliphatic hydroxyl groups is 1. The van der Waals surface area contributed by atoms with Crippen LogP contribution in [0.25, 0.3) is 6.08 Å². The Balaban J connectivity index is 1.39. The number of aryl methyl sites for hydroxylation is 2. The SMILES string of the molecule is Cc1cc(C(O)=Nc2ccc3c(c2)C=C(S(=O)(=O)O)/C(=N\Nc2ccc(C(=O)Nc4ccc(O)c(C(=O)O)c4)cc2C)C3=O)ccc1N. The number of nitrogen functional groups attached to an aromatic ring is 1. The van der Waals surface area contributed by atoms with Crippen LogP contribution in [0, 0.1) is 13.8 Å². The molecule has 0 fully saturated rings. The number of nitrogens with two attached hydrogens (primary N) is 1. The zero-order valence-electron chi connectivity index (χ0n) is 25.2. The van der Waals surface area contributed by atoms with E-state index in [-0.39, 0.29) is 34.0 Å². The highest BCUT2D eigenvalue weighted by Gasteiger charge is 2.33. The third-order valence-electron chi connectivity index (χ3n) is 7.32. The van der Waals surface area contributed by atoms with Gasteiger partial charge in [0.05, 0.1) is 11.4 Å². The molecule has 0 spiro atoms. The third-order valence-corrected chi connectivity index (χ3v) is 8.18. The molecular formula is C33H27N5O9S. The number of Topliss-reactive ketones (excluding diaryl/α,β-unsaturated/α-hetero) is 1. The Hall–Kier alpha value is -6.32. The van der Waals surface area contributed by atoms with Crippen molar-refractivity contribution in [2.24, 2.45) is 10.1 Å². The quantitative estimate of drug-likeness (QED) is 0.0326. The number of nitrogens with zero attached hydrogens (tertiary/aromatic N) is 2. The number of ketones is 1. The predicted molar refractivity (Wildman–Crippen MR) is 180 cm³/mol. The van der Waals surface area contributed by atoms with Crippen LogP contribution in [0.3, 0.4) is 0 Å². The lowest BCUT2D eigenvalue weighted by atomic mass is 9.94. The first-order valence-corrected chi connectivity index (χ1v) is 15.4. The highest BCUT2D eigenvalue weighted by Crippen LogP contribution is 2.30. The second-order valence-corrected chi connectivity index (χ2v) is 12.1. The van der Waals surface area contributed by atoms with Crippen LogP contribution in [0.15, 0.2) is 87.8 Å². The van der Waals surface area contributed by atoms with Crippen LogP contribution in [0.5, 0.6) is 5.75 Å². The van der Waals surface area contributed by atoms with Gasteiger partial charge in [-0.1, -0.05) is 0 Å². The summed E-state index contributed by atoms with van der Waals surface area (Å²) in [6.45, 7) is 3.38. The number of carbonyl (C=O) groups is 3. The third kappa shape index (κ3) is 6.91. The van der Waals surface area contributed by atoms with Crippen LogP contribution in [-0.4, -0.2) is 57.6 Å². The molecule has 1 aliphatic rings. The molecule has 0 unspecified atom stereocenters. The Morgan fingerprint density at radius 1 is 0.875 bits per heavy atom. The minimum Gasteiger partial charge on any atom is -0.507 e. The van der Waals surface area contributed by atoms with E-state index in [4.69, 9.17) is 5.73 Å². The van der Waals surface area contributed by atoms with Gasteiger partial charge in [0.1, 0.15) is 16.2 Å². The van der Waals surface area contributed by atoms with Gasteiger partial charge in [0, 0.05) is 28.1 Å². The van der Waals surface area contributed by atoms with Gasteiger partial charge in [-0.15, -0.1) is 0 Å². The van der Waals surface area contributed by atoms with Crippen molar-refractivity contribution in [3.8, 4) is 5.75 Å². The van der Waals surface area contributed by atoms with Gasteiger partial charge in [0.25, 0.3) is 16.0 Å². The van der Waals surface area contributed by atoms with E-state index in [2.05, 4.69) is 20.8 Å². The number of rotatable bonds is 8. The van der Waals surface area contributed by atoms with Gasteiger partial charge in [-0.25, -0.2) is 9.79 Å². The summed E-state index contributed by atoms with van der Waals surface area (Å²) >= 11 is 0. The fourth-order valence-corrected chi connectivity index (χ4v) is 5.39. The van der Waals surface area contributed by atoms with Crippen molar-refractivity contribution in [1.82, 2.24) is 0 Å². The molecule has 0 aliphatic heterocycles. The molecule has 0 bridgehead atoms. The van der Waals surface area contributed by atoms with Gasteiger partial charge in [-0.05, 0) is 109 Å². The fraction of sp³-hybridized carbons (Fsp3) is 0.0606. The van der Waals surface area contributed by atoms with Gasteiger partial charge in [-0.3, -0.25) is 19.6 Å². The van der Waals surface area contributed by atoms with Crippen LogP contribution in [0.2, 0.25) is 0 Å². The monoisotopic (exact) mass is 669 g/mol. The molecular weight excluding hydrogens is 642 g/mol. The molecule has 48 heavy (non-hydrogen) atoms. The van der Waals surface area contributed by atoms with Crippen molar-refractivity contribution < 1.29 is 42.7 Å². The molecule has 4 aromatic carbocycles. The number of carbonyl (C=O) groups excluding carboxylic acids is 2. The van der Waals surface area contributed by atoms with Gasteiger partial charge < -0.3 is 26.4 Å². The maximum Gasteiger partial charge on any atom is 0.339 e. The Bertz CT molecular complexity index is 2240. The average Bonchev–Trinajstić information content (AvgIpc) is 3.02. The summed E-state index contributed by atoms with van der Waals surface area (Å²) < 4.78 is 34.7. The number of benzene rings is 4.